The van der Waals surface area contributed by atoms with E-state index in [1.807, 2.05) is 0 Å². The SMILES string of the molecule is CC(C)OP(=O)(Oc1ccc(F)c(C(F)(F)F)c1)OC(C)C. The Morgan fingerprint density at radius 3 is 1.95 bits per heavy atom. The van der Waals surface area contributed by atoms with Crippen molar-refractivity contribution >= 4 is 7.82 Å². The molecule has 0 radical (unpaired) electrons. The molecule has 9 heteroatoms. The maximum absolute atomic E-state index is 13.2. The Morgan fingerprint density at radius 2 is 1.55 bits per heavy atom. The van der Waals surface area contributed by atoms with Crippen LogP contribution in [0.2, 0.25) is 0 Å². The zero-order valence-electron chi connectivity index (χ0n) is 12.5. The molecule has 4 nitrogen and oxygen atoms in total. The summed E-state index contributed by atoms with van der Waals surface area (Å²) in [5.41, 5.74) is -1.52. The van der Waals surface area contributed by atoms with Crippen LogP contribution in [-0.4, -0.2) is 12.2 Å². The second-order valence-corrected chi connectivity index (χ2v) is 6.48. The van der Waals surface area contributed by atoms with E-state index in [2.05, 4.69) is 0 Å². The molecular weight excluding hydrogens is 327 g/mol. The monoisotopic (exact) mass is 344 g/mol. The van der Waals surface area contributed by atoms with Crippen LogP contribution in [0.25, 0.3) is 0 Å². The van der Waals surface area contributed by atoms with Crippen LogP contribution in [0.4, 0.5) is 17.6 Å². The zero-order chi connectivity index (χ0) is 17.1. The number of phosphoric acid groups is 1. The number of phosphoric ester groups is 1. The minimum atomic E-state index is -4.90. The maximum Gasteiger partial charge on any atom is 0.530 e. The first-order chi connectivity index (χ1) is 9.93. The van der Waals surface area contributed by atoms with Gasteiger partial charge in [-0.05, 0) is 45.9 Å². The summed E-state index contributed by atoms with van der Waals surface area (Å²) in [6, 6.07) is 1.91. The molecule has 0 saturated heterocycles. The second kappa shape index (κ2) is 6.98. The minimum absolute atomic E-state index is 0.412. The fourth-order valence-electron chi connectivity index (χ4n) is 1.49. The molecule has 0 aliphatic carbocycles. The number of alkyl halides is 3. The summed E-state index contributed by atoms with van der Waals surface area (Å²) in [5, 5.41) is 0. The number of hydrogen-bond donors (Lipinski definition) is 0. The molecular formula is C13H17F4O4P. The molecule has 0 spiro atoms. The predicted octanol–water partition coefficient (Wildman–Crippen LogP) is 5.18. The lowest BCUT2D eigenvalue weighted by Crippen LogP contribution is -2.13. The highest BCUT2D eigenvalue weighted by molar-refractivity contribution is 7.49. The van der Waals surface area contributed by atoms with Crippen LogP contribution in [0.15, 0.2) is 18.2 Å². The average molecular weight is 344 g/mol. The van der Waals surface area contributed by atoms with Gasteiger partial charge in [0.05, 0.1) is 17.8 Å². The third-order valence-corrected chi connectivity index (χ3v) is 3.93. The van der Waals surface area contributed by atoms with Gasteiger partial charge in [-0.1, -0.05) is 0 Å². The average Bonchev–Trinajstić information content (AvgIpc) is 2.27. The Morgan fingerprint density at radius 1 is 1.05 bits per heavy atom. The van der Waals surface area contributed by atoms with Gasteiger partial charge >= 0.3 is 14.0 Å². The molecule has 0 fully saturated rings. The Hall–Kier alpha value is -1.11. The van der Waals surface area contributed by atoms with Gasteiger partial charge in [0.25, 0.3) is 0 Å². The third kappa shape index (κ3) is 5.59. The second-order valence-electron chi connectivity index (χ2n) is 4.99. The Kier molecular flexibility index (Phi) is 6.01. The highest BCUT2D eigenvalue weighted by Gasteiger charge is 2.36. The lowest BCUT2D eigenvalue weighted by Gasteiger charge is -2.22. The number of hydrogen-bond acceptors (Lipinski definition) is 4. The van der Waals surface area contributed by atoms with E-state index < -0.39 is 43.3 Å². The highest BCUT2D eigenvalue weighted by atomic mass is 31.2. The van der Waals surface area contributed by atoms with Gasteiger partial charge in [-0.2, -0.15) is 13.2 Å². The van der Waals surface area contributed by atoms with Crippen LogP contribution in [0.1, 0.15) is 33.3 Å². The minimum Gasteiger partial charge on any atom is -0.404 e. The van der Waals surface area contributed by atoms with Crippen molar-refractivity contribution in [2.24, 2.45) is 0 Å². The van der Waals surface area contributed by atoms with Gasteiger partial charge < -0.3 is 4.52 Å². The molecule has 0 aliphatic rings. The fraction of sp³-hybridized carbons (Fsp3) is 0.538. The van der Waals surface area contributed by atoms with E-state index in [4.69, 9.17) is 13.6 Å². The lowest BCUT2D eigenvalue weighted by molar-refractivity contribution is -0.140. The van der Waals surface area contributed by atoms with Gasteiger partial charge in [0.15, 0.2) is 0 Å². The van der Waals surface area contributed by atoms with Gasteiger partial charge in [0.2, 0.25) is 0 Å². The van der Waals surface area contributed by atoms with E-state index in [-0.39, 0.29) is 0 Å². The van der Waals surface area contributed by atoms with E-state index in [0.29, 0.717) is 12.1 Å². The maximum atomic E-state index is 13.2. The van der Waals surface area contributed by atoms with Gasteiger partial charge in [0, 0.05) is 0 Å². The van der Waals surface area contributed by atoms with Crippen molar-refractivity contribution in [3.05, 3.63) is 29.6 Å². The Balaban J connectivity index is 3.11. The van der Waals surface area contributed by atoms with Crippen molar-refractivity contribution in [2.75, 3.05) is 0 Å². The Bertz CT molecular complexity index is 543. The van der Waals surface area contributed by atoms with Crippen molar-refractivity contribution in [2.45, 2.75) is 46.1 Å². The summed E-state index contributed by atoms with van der Waals surface area (Å²) >= 11 is 0. The number of benzene rings is 1. The van der Waals surface area contributed by atoms with E-state index in [9.17, 15) is 22.1 Å². The molecule has 0 bridgehead atoms. The van der Waals surface area contributed by atoms with Crippen LogP contribution in [0, 0.1) is 5.82 Å². The van der Waals surface area contributed by atoms with Crippen LogP contribution >= 0.6 is 7.82 Å². The molecule has 1 rings (SSSR count). The molecule has 0 atom stereocenters. The van der Waals surface area contributed by atoms with Gasteiger partial charge in [-0.25, -0.2) is 8.96 Å². The fourth-order valence-corrected chi connectivity index (χ4v) is 3.03. The summed E-state index contributed by atoms with van der Waals surface area (Å²) in [6.45, 7) is 6.24. The topological polar surface area (TPSA) is 44.8 Å². The van der Waals surface area contributed by atoms with Crippen LogP contribution in [-0.2, 0) is 19.8 Å². The summed E-state index contributed by atoms with van der Waals surface area (Å²) in [5.74, 6) is -1.91. The normalized spacial score (nSPS) is 13.0. The summed E-state index contributed by atoms with van der Waals surface area (Å²) in [7, 11) is -4.13. The van der Waals surface area contributed by atoms with E-state index >= 15 is 0 Å². The molecule has 1 aromatic rings. The Labute approximate surface area is 126 Å². The molecule has 0 saturated carbocycles. The summed E-state index contributed by atoms with van der Waals surface area (Å²) < 4.78 is 78.6. The van der Waals surface area contributed by atoms with E-state index in [1.165, 1.54) is 0 Å². The molecule has 0 N–H and O–H groups in total. The first-order valence-corrected chi connectivity index (χ1v) is 7.92. The smallest absolute Gasteiger partial charge is 0.404 e. The van der Waals surface area contributed by atoms with Crippen LogP contribution in [0.5, 0.6) is 5.75 Å². The molecule has 0 amide bonds. The standard InChI is InChI=1S/C13H17F4O4P/c1-8(2)19-22(18,20-9(3)4)21-10-5-6-12(14)11(7-10)13(15,16)17/h5-9H,1-4H3. The first-order valence-electron chi connectivity index (χ1n) is 6.46. The quantitative estimate of drug-likeness (QED) is 0.527. The van der Waals surface area contributed by atoms with Crippen molar-refractivity contribution in [3.8, 4) is 5.75 Å². The van der Waals surface area contributed by atoms with Gasteiger partial charge in [0.1, 0.15) is 11.6 Å². The van der Waals surface area contributed by atoms with Crippen molar-refractivity contribution in [3.63, 3.8) is 0 Å². The first kappa shape index (κ1) is 18.9. The van der Waals surface area contributed by atoms with Crippen LogP contribution < -0.4 is 4.52 Å². The van der Waals surface area contributed by atoms with E-state index in [0.717, 1.165) is 6.07 Å². The zero-order valence-corrected chi connectivity index (χ0v) is 13.4. The van der Waals surface area contributed by atoms with E-state index in [1.54, 1.807) is 27.7 Å². The molecule has 0 unspecified atom stereocenters. The molecule has 0 aromatic heterocycles. The summed E-state index contributed by atoms with van der Waals surface area (Å²) in [6.07, 6.45) is -6.00. The molecule has 0 aliphatic heterocycles. The van der Waals surface area contributed by atoms with Gasteiger partial charge in [-0.3, -0.25) is 9.05 Å². The van der Waals surface area contributed by atoms with Crippen molar-refractivity contribution in [1.29, 1.82) is 0 Å². The van der Waals surface area contributed by atoms with Crippen LogP contribution in [0.3, 0.4) is 0 Å². The highest BCUT2D eigenvalue weighted by Crippen LogP contribution is 2.52. The molecule has 126 valence electrons. The molecule has 0 heterocycles. The molecule has 1 aromatic carbocycles. The lowest BCUT2D eigenvalue weighted by atomic mass is 10.2. The number of halogens is 4. The van der Waals surface area contributed by atoms with Crippen molar-refractivity contribution < 1.29 is 35.7 Å². The summed E-state index contributed by atoms with van der Waals surface area (Å²) in [4.78, 5) is 0. The van der Waals surface area contributed by atoms with Crippen molar-refractivity contribution in [1.82, 2.24) is 0 Å². The molecule has 22 heavy (non-hydrogen) atoms. The number of rotatable bonds is 6. The third-order valence-electron chi connectivity index (χ3n) is 2.14. The largest absolute Gasteiger partial charge is 0.530 e. The van der Waals surface area contributed by atoms with Gasteiger partial charge in [-0.15, -0.1) is 0 Å². The predicted molar refractivity (Wildman–Crippen MR) is 72.1 cm³/mol.